The van der Waals surface area contributed by atoms with Gasteiger partial charge in [0.15, 0.2) is 0 Å². The van der Waals surface area contributed by atoms with Gasteiger partial charge in [0, 0.05) is 10.4 Å². The number of benzene rings is 1. The van der Waals surface area contributed by atoms with Crippen LogP contribution in [-0.4, -0.2) is 5.78 Å². The molecule has 76 valence electrons. The molecule has 1 aromatic rings. The van der Waals surface area contributed by atoms with Crippen LogP contribution in [0.3, 0.4) is 0 Å². The molecule has 0 saturated heterocycles. The lowest BCUT2D eigenvalue weighted by atomic mass is 10.0. The Labute approximate surface area is 105 Å². The van der Waals surface area contributed by atoms with E-state index in [1.165, 1.54) is 0 Å². The second-order valence-electron chi connectivity index (χ2n) is 2.91. The highest BCUT2D eigenvalue weighted by molar-refractivity contribution is 9.10. The minimum Gasteiger partial charge on any atom is -0.298 e. The normalized spacial score (nSPS) is 12.6. The van der Waals surface area contributed by atoms with E-state index >= 15 is 0 Å². The molecule has 0 aliphatic carbocycles. The average Bonchev–Trinajstić information content (AvgIpc) is 2.16. The second kappa shape index (κ2) is 5.29. The number of Topliss-reactive ketones (excluding diaryl/α,β-unsaturated/α-hetero) is 1. The van der Waals surface area contributed by atoms with Crippen molar-refractivity contribution >= 4 is 49.2 Å². The van der Waals surface area contributed by atoms with E-state index in [-0.39, 0.29) is 10.6 Å². The molecule has 0 spiro atoms. The smallest absolute Gasteiger partial charge is 0.147 e. The zero-order valence-electron chi connectivity index (χ0n) is 7.56. The second-order valence-corrected chi connectivity index (χ2v) is 4.95. The van der Waals surface area contributed by atoms with Gasteiger partial charge in [-0.25, -0.2) is 0 Å². The van der Waals surface area contributed by atoms with Crippen LogP contribution in [0.15, 0.2) is 22.7 Å². The van der Waals surface area contributed by atoms with Gasteiger partial charge < -0.3 is 0 Å². The SMILES string of the molecule is CC(=O)C(Br)c1cccc(Br)c1CCl. The largest absolute Gasteiger partial charge is 0.298 e. The molecule has 1 atom stereocenters. The first kappa shape index (κ1) is 12.2. The van der Waals surface area contributed by atoms with E-state index in [1.54, 1.807) is 6.92 Å². The molecule has 0 aliphatic heterocycles. The van der Waals surface area contributed by atoms with Gasteiger partial charge in [-0.15, -0.1) is 11.6 Å². The summed E-state index contributed by atoms with van der Waals surface area (Å²) in [6, 6.07) is 5.72. The van der Waals surface area contributed by atoms with Gasteiger partial charge in [0.1, 0.15) is 5.78 Å². The summed E-state index contributed by atoms with van der Waals surface area (Å²) in [6.45, 7) is 1.55. The summed E-state index contributed by atoms with van der Waals surface area (Å²) in [7, 11) is 0. The summed E-state index contributed by atoms with van der Waals surface area (Å²) >= 11 is 12.6. The fourth-order valence-corrected chi connectivity index (χ4v) is 2.58. The molecular formula is C10H9Br2ClO. The first-order valence-electron chi connectivity index (χ1n) is 4.05. The Balaban J connectivity index is 3.20. The Morgan fingerprint density at radius 3 is 2.71 bits per heavy atom. The zero-order chi connectivity index (χ0) is 10.7. The molecule has 0 radical (unpaired) electrons. The van der Waals surface area contributed by atoms with E-state index in [9.17, 15) is 4.79 Å². The molecule has 0 saturated carbocycles. The van der Waals surface area contributed by atoms with Crippen molar-refractivity contribution in [3.8, 4) is 0 Å². The Bertz CT molecular complexity index is 352. The number of rotatable bonds is 3. The van der Waals surface area contributed by atoms with Crippen molar-refractivity contribution in [1.82, 2.24) is 0 Å². The third-order valence-electron chi connectivity index (χ3n) is 1.92. The van der Waals surface area contributed by atoms with Crippen molar-refractivity contribution in [2.24, 2.45) is 0 Å². The van der Waals surface area contributed by atoms with E-state index < -0.39 is 0 Å². The maximum absolute atomic E-state index is 11.2. The van der Waals surface area contributed by atoms with E-state index in [2.05, 4.69) is 31.9 Å². The van der Waals surface area contributed by atoms with Crippen molar-refractivity contribution in [1.29, 1.82) is 0 Å². The van der Waals surface area contributed by atoms with E-state index in [0.717, 1.165) is 15.6 Å². The molecule has 0 heterocycles. The molecule has 1 unspecified atom stereocenters. The van der Waals surface area contributed by atoms with Crippen molar-refractivity contribution < 1.29 is 4.79 Å². The fraction of sp³-hybridized carbons (Fsp3) is 0.300. The lowest BCUT2D eigenvalue weighted by Gasteiger charge is -2.12. The van der Waals surface area contributed by atoms with E-state index in [1.807, 2.05) is 18.2 Å². The highest BCUT2D eigenvalue weighted by Gasteiger charge is 2.17. The molecule has 0 N–H and O–H groups in total. The van der Waals surface area contributed by atoms with Crippen molar-refractivity contribution in [3.63, 3.8) is 0 Å². The number of ketones is 1. The van der Waals surface area contributed by atoms with Crippen LogP contribution in [0.4, 0.5) is 0 Å². The molecule has 0 aliphatic rings. The molecule has 14 heavy (non-hydrogen) atoms. The highest BCUT2D eigenvalue weighted by Crippen LogP contribution is 2.32. The van der Waals surface area contributed by atoms with Crippen molar-refractivity contribution in [2.75, 3.05) is 0 Å². The first-order valence-corrected chi connectivity index (χ1v) is 6.30. The Hall–Kier alpha value is 0.140. The molecule has 0 aromatic heterocycles. The van der Waals surface area contributed by atoms with E-state index in [0.29, 0.717) is 5.88 Å². The number of hydrogen-bond donors (Lipinski definition) is 0. The summed E-state index contributed by atoms with van der Waals surface area (Å²) in [6.07, 6.45) is 0. The highest BCUT2D eigenvalue weighted by atomic mass is 79.9. The van der Waals surface area contributed by atoms with Crippen LogP contribution < -0.4 is 0 Å². The van der Waals surface area contributed by atoms with E-state index in [4.69, 9.17) is 11.6 Å². The van der Waals surface area contributed by atoms with Crippen LogP contribution >= 0.6 is 43.5 Å². The number of hydrogen-bond acceptors (Lipinski definition) is 1. The van der Waals surface area contributed by atoms with Crippen LogP contribution in [0.25, 0.3) is 0 Å². The quantitative estimate of drug-likeness (QED) is 0.753. The lowest BCUT2D eigenvalue weighted by Crippen LogP contribution is -2.04. The Morgan fingerprint density at radius 2 is 2.21 bits per heavy atom. The van der Waals surface area contributed by atoms with Crippen LogP contribution in [0.1, 0.15) is 22.9 Å². The lowest BCUT2D eigenvalue weighted by molar-refractivity contribution is -0.116. The Kier molecular flexibility index (Phi) is 4.61. The summed E-state index contributed by atoms with van der Waals surface area (Å²) in [5.74, 6) is 0.473. The molecule has 1 nitrogen and oxygen atoms in total. The predicted molar refractivity (Wildman–Crippen MR) is 66.0 cm³/mol. The number of carbonyl (C=O) groups is 1. The predicted octanol–water partition coefficient (Wildman–Crippen LogP) is 4.21. The molecule has 1 aromatic carbocycles. The summed E-state index contributed by atoms with van der Waals surface area (Å²) in [4.78, 5) is 10.9. The maximum atomic E-state index is 11.2. The number of carbonyl (C=O) groups excluding carboxylic acids is 1. The van der Waals surface area contributed by atoms with Gasteiger partial charge in [-0.3, -0.25) is 4.79 Å². The number of alkyl halides is 2. The van der Waals surface area contributed by atoms with Gasteiger partial charge in [0.25, 0.3) is 0 Å². The summed E-state index contributed by atoms with van der Waals surface area (Å²) in [5.41, 5.74) is 1.90. The molecule has 4 heteroatoms. The standard InChI is InChI=1S/C10H9Br2ClO/c1-6(14)10(12)7-3-2-4-9(11)8(7)5-13/h2-4,10H,5H2,1H3. The summed E-state index contributed by atoms with van der Waals surface area (Å²) < 4.78 is 0.940. The first-order chi connectivity index (χ1) is 6.57. The molecule has 0 bridgehead atoms. The molecule has 0 fully saturated rings. The summed E-state index contributed by atoms with van der Waals surface area (Å²) in [5, 5.41) is 0. The minimum atomic E-state index is -0.270. The third-order valence-corrected chi connectivity index (χ3v) is 4.07. The van der Waals surface area contributed by atoms with Gasteiger partial charge >= 0.3 is 0 Å². The topological polar surface area (TPSA) is 17.1 Å². The molecular weight excluding hydrogens is 331 g/mol. The van der Waals surface area contributed by atoms with Crippen molar-refractivity contribution in [2.45, 2.75) is 17.6 Å². The maximum Gasteiger partial charge on any atom is 0.147 e. The van der Waals surface area contributed by atoms with Gasteiger partial charge in [-0.05, 0) is 24.1 Å². The van der Waals surface area contributed by atoms with Gasteiger partial charge in [-0.2, -0.15) is 0 Å². The van der Waals surface area contributed by atoms with Crippen molar-refractivity contribution in [3.05, 3.63) is 33.8 Å². The molecule has 1 rings (SSSR count). The van der Waals surface area contributed by atoms with Gasteiger partial charge in [-0.1, -0.05) is 44.0 Å². The number of halogens is 3. The van der Waals surface area contributed by atoms with Crippen LogP contribution in [-0.2, 0) is 10.7 Å². The third kappa shape index (κ3) is 2.59. The monoisotopic (exact) mass is 338 g/mol. The Morgan fingerprint density at radius 1 is 1.57 bits per heavy atom. The van der Waals surface area contributed by atoms with Gasteiger partial charge in [0.05, 0.1) is 4.83 Å². The molecule has 0 amide bonds. The van der Waals surface area contributed by atoms with Crippen LogP contribution in [0, 0.1) is 0 Å². The zero-order valence-corrected chi connectivity index (χ0v) is 11.5. The van der Waals surface area contributed by atoms with Crippen LogP contribution in [0.2, 0.25) is 0 Å². The van der Waals surface area contributed by atoms with Crippen LogP contribution in [0.5, 0.6) is 0 Å². The minimum absolute atomic E-state index is 0.0782. The van der Waals surface area contributed by atoms with Gasteiger partial charge in [0.2, 0.25) is 0 Å². The fourth-order valence-electron chi connectivity index (χ4n) is 1.17. The average molecular weight is 340 g/mol.